The molecule has 11 heteroatoms. The molecule has 2 N–H and O–H groups in total. The maximum atomic E-state index is 13.1. The van der Waals surface area contributed by atoms with E-state index >= 15 is 0 Å². The van der Waals surface area contributed by atoms with Crippen LogP contribution in [-0.4, -0.2) is 37.1 Å². The Bertz CT molecular complexity index is 1170. The van der Waals surface area contributed by atoms with Gasteiger partial charge < -0.3 is 20.1 Å². The summed E-state index contributed by atoms with van der Waals surface area (Å²) in [4.78, 5) is 27.9. The van der Waals surface area contributed by atoms with E-state index in [1.807, 2.05) is 6.08 Å². The van der Waals surface area contributed by atoms with E-state index in [2.05, 4.69) is 15.6 Å². The fraction of sp³-hybridized carbons (Fsp3) is 0.423. The topological polar surface area (TPSA) is 89.5 Å². The van der Waals surface area contributed by atoms with Gasteiger partial charge in [0.15, 0.2) is 0 Å². The van der Waals surface area contributed by atoms with Gasteiger partial charge in [0.2, 0.25) is 0 Å². The minimum Gasteiger partial charge on any atom is -0.495 e. The quantitative estimate of drug-likeness (QED) is 0.302. The van der Waals surface area contributed by atoms with E-state index in [-0.39, 0.29) is 34.1 Å². The Morgan fingerprint density at radius 2 is 2.03 bits per heavy atom. The van der Waals surface area contributed by atoms with Crippen molar-refractivity contribution in [1.82, 2.24) is 10.3 Å². The highest BCUT2D eigenvalue weighted by Crippen LogP contribution is 2.35. The average Bonchev–Trinajstić information content (AvgIpc) is 2.87. The van der Waals surface area contributed by atoms with Crippen molar-refractivity contribution in [2.45, 2.75) is 45.3 Å². The second-order valence-corrected chi connectivity index (χ2v) is 9.05. The Morgan fingerprint density at radius 1 is 1.27 bits per heavy atom. The molecule has 7 nitrogen and oxygen atoms in total. The molecule has 1 aliphatic carbocycles. The number of benzene rings is 1. The minimum atomic E-state index is -4.59. The van der Waals surface area contributed by atoms with Crippen LogP contribution in [0.4, 0.5) is 18.9 Å². The molecule has 37 heavy (non-hydrogen) atoms. The lowest BCUT2D eigenvalue weighted by molar-refractivity contribution is -0.148. The Hall–Kier alpha value is -3.27. The summed E-state index contributed by atoms with van der Waals surface area (Å²) in [5.74, 6) is -0.457. The lowest BCUT2D eigenvalue weighted by Crippen LogP contribution is -2.27. The van der Waals surface area contributed by atoms with Crippen LogP contribution in [0.2, 0.25) is 5.02 Å². The number of carbonyl (C=O) groups excluding carboxylic acids is 2. The van der Waals surface area contributed by atoms with E-state index in [4.69, 9.17) is 21.1 Å². The van der Waals surface area contributed by atoms with Crippen molar-refractivity contribution < 1.29 is 32.2 Å². The summed E-state index contributed by atoms with van der Waals surface area (Å²) in [5, 5.41) is 6.15. The predicted octanol–water partition coefficient (Wildman–Crippen LogP) is 5.95. The summed E-state index contributed by atoms with van der Waals surface area (Å²) in [6.45, 7) is 4.15. The molecule has 0 saturated heterocycles. The highest BCUT2D eigenvalue weighted by atomic mass is 35.5. The van der Waals surface area contributed by atoms with Crippen LogP contribution in [0.25, 0.3) is 0 Å². The van der Waals surface area contributed by atoms with Crippen molar-refractivity contribution in [3.05, 3.63) is 64.0 Å². The summed E-state index contributed by atoms with van der Waals surface area (Å²) in [6.07, 6.45) is 0.358. The SMILES string of the molecule is CCOC(=O)C1CC=C(CNC(=O)c2ccc(NC(C)c3cc(C(F)(F)F)ncc3OC)c(Cl)c2)CC1. The number of halogens is 4. The Morgan fingerprint density at radius 3 is 2.62 bits per heavy atom. The summed E-state index contributed by atoms with van der Waals surface area (Å²) >= 11 is 6.38. The minimum absolute atomic E-state index is 0.146. The van der Waals surface area contributed by atoms with Crippen molar-refractivity contribution in [3.8, 4) is 5.75 Å². The normalized spacial score (nSPS) is 16.4. The second-order valence-electron chi connectivity index (χ2n) is 8.64. The maximum Gasteiger partial charge on any atom is 0.433 e. The fourth-order valence-corrected chi connectivity index (χ4v) is 4.26. The van der Waals surface area contributed by atoms with E-state index in [1.165, 1.54) is 13.2 Å². The second kappa shape index (κ2) is 12.3. The van der Waals surface area contributed by atoms with E-state index in [9.17, 15) is 22.8 Å². The van der Waals surface area contributed by atoms with Crippen molar-refractivity contribution in [1.29, 1.82) is 0 Å². The Labute approximate surface area is 218 Å². The van der Waals surface area contributed by atoms with Crippen LogP contribution < -0.4 is 15.4 Å². The van der Waals surface area contributed by atoms with Crippen LogP contribution in [0.5, 0.6) is 5.75 Å². The summed E-state index contributed by atoms with van der Waals surface area (Å²) in [5.41, 5.74) is 1.05. The van der Waals surface area contributed by atoms with Crippen molar-refractivity contribution in [2.24, 2.45) is 5.92 Å². The number of esters is 1. The van der Waals surface area contributed by atoms with Crippen LogP contribution >= 0.6 is 11.6 Å². The van der Waals surface area contributed by atoms with Crippen molar-refractivity contribution in [3.63, 3.8) is 0 Å². The molecular formula is C26H29ClF3N3O4. The van der Waals surface area contributed by atoms with Crippen molar-refractivity contribution >= 4 is 29.2 Å². The third-order valence-electron chi connectivity index (χ3n) is 6.08. The monoisotopic (exact) mass is 539 g/mol. The van der Waals surface area contributed by atoms with E-state index in [1.54, 1.807) is 26.0 Å². The third kappa shape index (κ3) is 7.38. The number of nitrogens with one attached hydrogen (secondary N) is 2. The number of carbonyl (C=O) groups is 2. The van der Waals surface area contributed by atoms with Gasteiger partial charge in [0.25, 0.3) is 5.91 Å². The van der Waals surface area contributed by atoms with Gasteiger partial charge in [-0.05, 0) is 57.4 Å². The molecule has 2 aromatic rings. The zero-order chi connectivity index (χ0) is 27.2. The lowest BCUT2D eigenvalue weighted by Gasteiger charge is -2.21. The maximum absolute atomic E-state index is 13.1. The molecule has 0 radical (unpaired) electrons. The molecule has 1 heterocycles. The van der Waals surface area contributed by atoms with Gasteiger partial charge in [-0.25, -0.2) is 4.98 Å². The molecule has 2 unspecified atom stereocenters. The number of pyridine rings is 1. The zero-order valence-electron chi connectivity index (χ0n) is 20.7. The molecule has 0 spiro atoms. The molecule has 1 aliphatic rings. The molecular weight excluding hydrogens is 511 g/mol. The fourth-order valence-electron chi connectivity index (χ4n) is 4.03. The van der Waals surface area contributed by atoms with Gasteiger partial charge in [0.1, 0.15) is 11.4 Å². The number of alkyl halides is 3. The summed E-state index contributed by atoms with van der Waals surface area (Å²) in [6, 6.07) is 4.99. The van der Waals surface area contributed by atoms with Crippen molar-refractivity contribution in [2.75, 3.05) is 25.6 Å². The van der Waals surface area contributed by atoms with Gasteiger partial charge in [-0.1, -0.05) is 23.3 Å². The predicted molar refractivity (Wildman–Crippen MR) is 134 cm³/mol. The molecule has 1 aromatic heterocycles. The Kier molecular flexibility index (Phi) is 9.42. The molecule has 0 fully saturated rings. The van der Waals surface area contributed by atoms with Gasteiger partial charge in [0, 0.05) is 17.7 Å². The lowest BCUT2D eigenvalue weighted by atomic mass is 9.89. The van der Waals surface area contributed by atoms with E-state index in [0.717, 1.165) is 17.8 Å². The average molecular weight is 540 g/mol. The van der Waals surface area contributed by atoms with Crippen LogP contribution in [0.1, 0.15) is 60.8 Å². The molecule has 0 aliphatic heterocycles. The number of hydrogen-bond donors (Lipinski definition) is 2. The Balaban J connectivity index is 1.62. The first-order valence-corrected chi connectivity index (χ1v) is 12.2. The molecule has 3 rings (SSSR count). The largest absolute Gasteiger partial charge is 0.495 e. The van der Waals surface area contributed by atoms with Crippen LogP contribution in [0.3, 0.4) is 0 Å². The number of ether oxygens (including phenoxy) is 2. The molecule has 1 amide bonds. The van der Waals surface area contributed by atoms with E-state index < -0.39 is 17.9 Å². The molecule has 2 atom stereocenters. The molecule has 200 valence electrons. The summed E-state index contributed by atoms with van der Waals surface area (Å²) < 4.78 is 49.6. The standard InChI is InChI=1S/C26H29ClF3N3O4/c1-4-37-25(35)17-7-5-16(6-8-17)13-32-24(34)18-9-10-21(20(27)11-18)33-15(2)19-12-23(26(28,29)30)31-14-22(19)36-3/h5,9-12,14-15,17,33H,4,6-8,13H2,1-3H3,(H,32,34). The third-order valence-corrected chi connectivity index (χ3v) is 6.39. The van der Waals surface area contributed by atoms with Gasteiger partial charge >= 0.3 is 12.1 Å². The van der Waals surface area contributed by atoms with Gasteiger partial charge in [0.05, 0.1) is 42.6 Å². The first kappa shape index (κ1) is 28.3. The van der Waals surface area contributed by atoms with Gasteiger partial charge in [-0.15, -0.1) is 0 Å². The smallest absolute Gasteiger partial charge is 0.433 e. The zero-order valence-corrected chi connectivity index (χ0v) is 21.5. The number of rotatable bonds is 9. The van der Waals surface area contributed by atoms with Gasteiger partial charge in [-0.2, -0.15) is 13.2 Å². The number of aromatic nitrogens is 1. The molecule has 0 saturated carbocycles. The first-order valence-electron chi connectivity index (χ1n) is 11.8. The number of anilines is 1. The molecule has 0 bridgehead atoms. The number of hydrogen-bond acceptors (Lipinski definition) is 6. The summed E-state index contributed by atoms with van der Waals surface area (Å²) in [7, 11) is 1.35. The van der Waals surface area contributed by atoms with E-state index in [0.29, 0.717) is 43.7 Å². The number of nitrogens with zero attached hydrogens (tertiary/aromatic N) is 1. The highest BCUT2D eigenvalue weighted by Gasteiger charge is 2.33. The van der Waals surface area contributed by atoms with Crippen LogP contribution in [-0.2, 0) is 15.7 Å². The van der Waals surface area contributed by atoms with Crippen LogP contribution in [0.15, 0.2) is 42.1 Å². The van der Waals surface area contributed by atoms with Gasteiger partial charge in [-0.3, -0.25) is 9.59 Å². The number of amides is 1. The number of methoxy groups -OCH3 is 1. The van der Waals surface area contributed by atoms with Crippen LogP contribution in [0, 0.1) is 5.92 Å². The number of allylic oxidation sites excluding steroid dienone is 1. The first-order chi connectivity index (χ1) is 17.5. The molecule has 1 aromatic carbocycles. The highest BCUT2D eigenvalue weighted by molar-refractivity contribution is 6.33.